The number of thiophene rings is 1. The molecule has 0 aromatic carbocycles. The van der Waals surface area contributed by atoms with E-state index in [9.17, 15) is 9.59 Å². The highest BCUT2D eigenvalue weighted by Gasteiger charge is 2.26. The number of primary amides is 1. The molecule has 3 rings (SSSR count). The molecule has 3 heterocycles. The quantitative estimate of drug-likeness (QED) is 0.909. The van der Waals surface area contributed by atoms with E-state index in [-0.39, 0.29) is 11.9 Å². The molecule has 116 valence electrons. The van der Waals surface area contributed by atoms with E-state index in [4.69, 9.17) is 10.2 Å². The summed E-state index contributed by atoms with van der Waals surface area (Å²) >= 11 is 1.39. The molecule has 22 heavy (non-hydrogen) atoms. The highest BCUT2D eigenvalue weighted by atomic mass is 32.1. The number of urea groups is 1. The summed E-state index contributed by atoms with van der Waals surface area (Å²) < 4.78 is 5.56. The third kappa shape index (κ3) is 2.99. The van der Waals surface area contributed by atoms with Gasteiger partial charge in [0.2, 0.25) is 0 Å². The molecule has 1 atom stereocenters. The van der Waals surface area contributed by atoms with Crippen molar-refractivity contribution in [2.24, 2.45) is 5.73 Å². The molecule has 0 bridgehead atoms. The number of furan rings is 1. The number of carbonyl (C=O) groups excluding carboxylic acids is 2. The lowest BCUT2D eigenvalue weighted by Crippen LogP contribution is -2.39. The average molecular weight is 319 g/mol. The zero-order chi connectivity index (χ0) is 15.7. The Balaban J connectivity index is 1.64. The van der Waals surface area contributed by atoms with E-state index in [0.717, 1.165) is 22.8 Å². The van der Waals surface area contributed by atoms with E-state index in [1.807, 2.05) is 25.1 Å². The first-order valence-electron chi connectivity index (χ1n) is 7.05. The van der Waals surface area contributed by atoms with Crippen LogP contribution in [0.1, 0.15) is 21.9 Å². The molecule has 0 radical (unpaired) electrons. The molecule has 3 N–H and O–H groups in total. The minimum atomic E-state index is -0.441. The second-order valence-electron chi connectivity index (χ2n) is 5.32. The Morgan fingerprint density at radius 2 is 2.18 bits per heavy atom. The Bertz CT molecular complexity index is 706. The van der Waals surface area contributed by atoms with Crippen molar-refractivity contribution in [3.63, 3.8) is 0 Å². The average Bonchev–Trinajstić information content (AvgIpc) is 3.16. The van der Waals surface area contributed by atoms with Crippen molar-refractivity contribution in [3.05, 3.63) is 34.9 Å². The number of nitrogens with one attached hydrogen (secondary N) is 1. The van der Waals surface area contributed by atoms with Gasteiger partial charge in [-0.25, -0.2) is 4.79 Å². The third-order valence-electron chi connectivity index (χ3n) is 3.65. The van der Waals surface area contributed by atoms with Crippen LogP contribution in [0.3, 0.4) is 0 Å². The molecule has 0 unspecified atom stereocenters. The molecule has 1 fully saturated rings. The maximum atomic E-state index is 12.3. The molecular formula is C15H17N3O3S. The van der Waals surface area contributed by atoms with E-state index >= 15 is 0 Å². The van der Waals surface area contributed by atoms with Gasteiger partial charge in [0, 0.05) is 19.1 Å². The Kier molecular flexibility index (Phi) is 3.89. The number of likely N-dealkylation sites (tertiary alicyclic amines) is 1. The number of aryl methyl sites for hydroxylation is 1. The lowest BCUT2D eigenvalue weighted by atomic mass is 10.2. The maximum Gasteiger partial charge on any atom is 0.314 e. The van der Waals surface area contributed by atoms with Gasteiger partial charge in [-0.3, -0.25) is 4.79 Å². The molecule has 6 nitrogen and oxygen atoms in total. The summed E-state index contributed by atoms with van der Waals surface area (Å²) in [5.41, 5.74) is 5.24. The largest absolute Gasteiger partial charge is 0.461 e. The lowest BCUT2D eigenvalue weighted by molar-refractivity contribution is 0.0942. The third-order valence-corrected chi connectivity index (χ3v) is 4.75. The first-order chi connectivity index (χ1) is 10.5. The van der Waals surface area contributed by atoms with Crippen molar-refractivity contribution >= 4 is 23.3 Å². The lowest BCUT2D eigenvalue weighted by Gasteiger charge is -2.14. The fourth-order valence-electron chi connectivity index (χ4n) is 2.49. The van der Waals surface area contributed by atoms with Crippen LogP contribution in [-0.2, 0) is 0 Å². The monoisotopic (exact) mass is 319 g/mol. The van der Waals surface area contributed by atoms with Crippen LogP contribution in [-0.4, -0.2) is 36.0 Å². The highest BCUT2D eigenvalue weighted by Crippen LogP contribution is 2.29. The molecule has 1 aliphatic heterocycles. The van der Waals surface area contributed by atoms with Gasteiger partial charge in [0.05, 0.1) is 9.75 Å². The zero-order valence-electron chi connectivity index (χ0n) is 12.2. The first-order valence-corrected chi connectivity index (χ1v) is 7.86. The van der Waals surface area contributed by atoms with Crippen molar-refractivity contribution in [2.45, 2.75) is 19.4 Å². The Labute approximate surface area is 131 Å². The Morgan fingerprint density at radius 1 is 1.36 bits per heavy atom. The summed E-state index contributed by atoms with van der Waals surface area (Å²) in [7, 11) is 0. The van der Waals surface area contributed by atoms with Crippen molar-refractivity contribution in [2.75, 3.05) is 13.1 Å². The Morgan fingerprint density at radius 3 is 2.82 bits per heavy atom. The fourth-order valence-corrected chi connectivity index (χ4v) is 3.37. The molecule has 0 aliphatic carbocycles. The number of carbonyl (C=O) groups is 2. The van der Waals surface area contributed by atoms with Crippen LogP contribution < -0.4 is 11.1 Å². The summed E-state index contributed by atoms with van der Waals surface area (Å²) in [5, 5.41) is 2.94. The molecule has 2 aromatic rings. The predicted molar refractivity (Wildman–Crippen MR) is 83.8 cm³/mol. The summed E-state index contributed by atoms with van der Waals surface area (Å²) in [6.07, 6.45) is 0.726. The standard InChI is InChI=1S/C15H17N3O3S/c1-9-2-3-11(21-9)12-4-5-13(22-12)14(19)17-10-6-7-18(8-10)15(16)20/h2-5,10H,6-8H2,1H3,(H2,16,20)(H,17,19)/t10-/m0/s1. The number of nitrogens with two attached hydrogens (primary N) is 1. The van der Waals surface area contributed by atoms with E-state index in [0.29, 0.717) is 18.0 Å². The highest BCUT2D eigenvalue weighted by molar-refractivity contribution is 7.17. The number of rotatable bonds is 3. The van der Waals surface area contributed by atoms with Crippen molar-refractivity contribution in [3.8, 4) is 10.6 Å². The van der Waals surface area contributed by atoms with E-state index in [1.54, 1.807) is 6.07 Å². The molecule has 7 heteroatoms. The van der Waals surface area contributed by atoms with E-state index in [2.05, 4.69) is 5.32 Å². The zero-order valence-corrected chi connectivity index (χ0v) is 13.0. The topological polar surface area (TPSA) is 88.6 Å². The van der Waals surface area contributed by atoms with Crippen LogP contribution in [0.2, 0.25) is 0 Å². The fraction of sp³-hybridized carbons (Fsp3) is 0.333. The number of hydrogen-bond donors (Lipinski definition) is 2. The maximum absolute atomic E-state index is 12.3. The van der Waals surface area contributed by atoms with E-state index in [1.165, 1.54) is 16.2 Å². The van der Waals surface area contributed by atoms with Gasteiger partial charge in [-0.2, -0.15) is 0 Å². The molecular weight excluding hydrogens is 302 g/mol. The smallest absolute Gasteiger partial charge is 0.314 e. The van der Waals surface area contributed by atoms with Crippen LogP contribution in [0.25, 0.3) is 10.6 Å². The van der Waals surface area contributed by atoms with Gasteiger partial charge in [0.25, 0.3) is 5.91 Å². The molecule has 1 saturated heterocycles. The minimum Gasteiger partial charge on any atom is -0.461 e. The SMILES string of the molecule is Cc1ccc(-c2ccc(C(=O)N[C@H]3CCN(C(N)=O)C3)s2)o1. The van der Waals surface area contributed by atoms with Crippen LogP contribution in [0.4, 0.5) is 4.79 Å². The first kappa shape index (κ1) is 14.6. The normalized spacial score (nSPS) is 17.7. The molecule has 0 saturated carbocycles. The second kappa shape index (κ2) is 5.84. The van der Waals surface area contributed by atoms with Crippen LogP contribution >= 0.6 is 11.3 Å². The summed E-state index contributed by atoms with van der Waals surface area (Å²) in [4.78, 5) is 26.4. The Hall–Kier alpha value is -2.28. The number of hydrogen-bond acceptors (Lipinski definition) is 4. The van der Waals surface area contributed by atoms with Gasteiger partial charge in [0.1, 0.15) is 11.5 Å². The van der Waals surface area contributed by atoms with E-state index < -0.39 is 6.03 Å². The van der Waals surface area contributed by atoms with Gasteiger partial charge in [-0.1, -0.05) is 0 Å². The minimum absolute atomic E-state index is 0.0450. The van der Waals surface area contributed by atoms with Crippen molar-refractivity contribution < 1.29 is 14.0 Å². The van der Waals surface area contributed by atoms with Crippen LogP contribution in [0, 0.1) is 6.92 Å². The van der Waals surface area contributed by atoms with Gasteiger partial charge in [0.15, 0.2) is 0 Å². The molecule has 2 aromatic heterocycles. The molecule has 3 amide bonds. The summed E-state index contributed by atoms with van der Waals surface area (Å²) in [6, 6.07) is 6.96. The van der Waals surface area contributed by atoms with Gasteiger partial charge in [-0.15, -0.1) is 11.3 Å². The summed E-state index contributed by atoms with van der Waals surface area (Å²) in [5.74, 6) is 1.48. The van der Waals surface area contributed by atoms with Crippen LogP contribution in [0.15, 0.2) is 28.7 Å². The summed E-state index contributed by atoms with van der Waals surface area (Å²) in [6.45, 7) is 2.94. The van der Waals surface area contributed by atoms with Gasteiger partial charge in [-0.05, 0) is 37.6 Å². The number of amides is 3. The second-order valence-corrected chi connectivity index (χ2v) is 6.40. The van der Waals surface area contributed by atoms with Crippen LogP contribution in [0.5, 0.6) is 0 Å². The molecule has 0 spiro atoms. The van der Waals surface area contributed by atoms with Crippen molar-refractivity contribution in [1.29, 1.82) is 0 Å². The van der Waals surface area contributed by atoms with Gasteiger partial charge < -0.3 is 20.4 Å². The molecule has 1 aliphatic rings. The van der Waals surface area contributed by atoms with Crippen molar-refractivity contribution in [1.82, 2.24) is 10.2 Å². The van der Waals surface area contributed by atoms with Gasteiger partial charge >= 0.3 is 6.03 Å². The number of nitrogens with zero attached hydrogens (tertiary/aromatic N) is 1. The predicted octanol–water partition coefficient (Wildman–Crippen LogP) is 2.20.